The van der Waals surface area contributed by atoms with Crippen LogP contribution in [0.3, 0.4) is 0 Å². The van der Waals surface area contributed by atoms with Gasteiger partial charge in [-0.3, -0.25) is 0 Å². The fourth-order valence-corrected chi connectivity index (χ4v) is 2.57. The predicted octanol–water partition coefficient (Wildman–Crippen LogP) is 1.44. The molecule has 3 nitrogen and oxygen atoms in total. The number of carbonyl (C=O) groups excluding carboxylic acids is 1. The van der Waals surface area contributed by atoms with Crippen molar-refractivity contribution in [1.82, 2.24) is 0 Å². The molecule has 0 saturated carbocycles. The Morgan fingerprint density at radius 2 is 2.11 bits per heavy atom. The van der Waals surface area contributed by atoms with E-state index in [0.717, 1.165) is 19.6 Å². The molecule has 0 amide bonds. The SMILES string of the molecule is C[C@H](C[NH+]1CCCCC1)OC(=O)c1cccc(F)c1. The zero-order valence-corrected chi connectivity index (χ0v) is 11.3. The minimum Gasteiger partial charge on any atom is -0.453 e. The summed E-state index contributed by atoms with van der Waals surface area (Å²) in [4.78, 5) is 13.3. The van der Waals surface area contributed by atoms with Crippen molar-refractivity contribution in [3.63, 3.8) is 0 Å². The lowest BCUT2D eigenvalue weighted by atomic mass is 10.1. The van der Waals surface area contributed by atoms with E-state index in [2.05, 4.69) is 0 Å². The Kier molecular flexibility index (Phi) is 4.91. The summed E-state index contributed by atoms with van der Waals surface area (Å²) in [5.74, 6) is -0.854. The molecule has 1 aromatic rings. The topological polar surface area (TPSA) is 30.7 Å². The first-order valence-corrected chi connectivity index (χ1v) is 6.95. The van der Waals surface area contributed by atoms with Crippen molar-refractivity contribution in [2.75, 3.05) is 19.6 Å². The van der Waals surface area contributed by atoms with Gasteiger partial charge in [-0.15, -0.1) is 0 Å². The molecular weight excluding hydrogens is 245 g/mol. The van der Waals surface area contributed by atoms with Crippen LogP contribution in [0.1, 0.15) is 36.5 Å². The second kappa shape index (κ2) is 6.66. The number of ether oxygens (including phenoxy) is 1. The van der Waals surface area contributed by atoms with Crippen molar-refractivity contribution in [2.45, 2.75) is 32.3 Å². The Labute approximate surface area is 113 Å². The Hall–Kier alpha value is -1.42. The van der Waals surface area contributed by atoms with E-state index in [1.807, 2.05) is 6.92 Å². The Morgan fingerprint density at radius 3 is 2.79 bits per heavy atom. The van der Waals surface area contributed by atoms with Gasteiger partial charge in [-0.2, -0.15) is 0 Å². The van der Waals surface area contributed by atoms with Crippen LogP contribution in [-0.4, -0.2) is 31.7 Å². The standard InChI is InChI=1S/C15H20FNO2/c1-12(11-17-8-3-2-4-9-17)19-15(18)13-6-5-7-14(16)10-13/h5-7,10,12H,2-4,8-9,11H2,1H3/p+1/t12-/m1/s1. The molecule has 0 unspecified atom stereocenters. The van der Waals surface area contributed by atoms with Gasteiger partial charge in [0.15, 0.2) is 0 Å². The zero-order valence-electron chi connectivity index (χ0n) is 11.3. The maximum absolute atomic E-state index is 13.0. The number of nitrogens with one attached hydrogen (secondary N) is 1. The third-order valence-corrected chi connectivity index (χ3v) is 3.51. The summed E-state index contributed by atoms with van der Waals surface area (Å²) in [6.45, 7) is 5.05. The van der Waals surface area contributed by atoms with Gasteiger partial charge in [0.2, 0.25) is 0 Å². The lowest BCUT2D eigenvalue weighted by molar-refractivity contribution is -0.907. The summed E-state index contributed by atoms with van der Waals surface area (Å²) in [5.41, 5.74) is 0.278. The van der Waals surface area contributed by atoms with Gasteiger partial charge in [0.25, 0.3) is 0 Å². The number of rotatable bonds is 4. The van der Waals surface area contributed by atoms with E-state index in [0.29, 0.717) is 0 Å². The van der Waals surface area contributed by atoms with Crippen LogP contribution in [0.5, 0.6) is 0 Å². The van der Waals surface area contributed by atoms with Crippen LogP contribution in [-0.2, 0) is 4.74 Å². The van der Waals surface area contributed by atoms with Crippen molar-refractivity contribution in [3.8, 4) is 0 Å². The molecule has 104 valence electrons. The van der Waals surface area contributed by atoms with Crippen molar-refractivity contribution < 1.29 is 18.8 Å². The number of hydrogen-bond donors (Lipinski definition) is 1. The molecule has 1 aliphatic rings. The molecule has 1 atom stereocenters. The van der Waals surface area contributed by atoms with Crippen molar-refractivity contribution in [1.29, 1.82) is 0 Å². The fraction of sp³-hybridized carbons (Fsp3) is 0.533. The minimum absolute atomic E-state index is 0.135. The highest BCUT2D eigenvalue weighted by molar-refractivity contribution is 5.89. The highest BCUT2D eigenvalue weighted by Crippen LogP contribution is 2.06. The normalized spacial score (nSPS) is 18.0. The van der Waals surface area contributed by atoms with E-state index >= 15 is 0 Å². The van der Waals surface area contributed by atoms with Crippen LogP contribution < -0.4 is 4.90 Å². The summed E-state index contributed by atoms with van der Waals surface area (Å²) in [6.07, 6.45) is 3.67. The van der Waals surface area contributed by atoms with Gasteiger partial charge in [0.1, 0.15) is 18.5 Å². The van der Waals surface area contributed by atoms with E-state index in [-0.39, 0.29) is 11.7 Å². The highest BCUT2D eigenvalue weighted by Gasteiger charge is 2.20. The maximum Gasteiger partial charge on any atom is 0.338 e. The number of esters is 1. The molecule has 19 heavy (non-hydrogen) atoms. The monoisotopic (exact) mass is 266 g/mol. The largest absolute Gasteiger partial charge is 0.453 e. The first-order valence-electron chi connectivity index (χ1n) is 6.95. The number of benzene rings is 1. The highest BCUT2D eigenvalue weighted by atomic mass is 19.1. The molecule has 1 N–H and O–H groups in total. The van der Waals surface area contributed by atoms with Gasteiger partial charge < -0.3 is 9.64 Å². The van der Waals surface area contributed by atoms with Crippen LogP contribution in [0.2, 0.25) is 0 Å². The van der Waals surface area contributed by atoms with Crippen LogP contribution in [0.25, 0.3) is 0 Å². The average molecular weight is 266 g/mol. The van der Waals surface area contributed by atoms with Gasteiger partial charge in [0, 0.05) is 0 Å². The summed E-state index contributed by atoms with van der Waals surface area (Å²) in [6, 6.07) is 5.62. The lowest BCUT2D eigenvalue weighted by Crippen LogP contribution is -3.13. The molecule has 1 saturated heterocycles. The van der Waals surface area contributed by atoms with Crippen LogP contribution in [0.4, 0.5) is 4.39 Å². The van der Waals surface area contributed by atoms with Gasteiger partial charge in [-0.05, 0) is 44.4 Å². The van der Waals surface area contributed by atoms with Gasteiger partial charge in [-0.25, -0.2) is 9.18 Å². The molecule has 1 aliphatic heterocycles. The molecular formula is C15H21FNO2+. The smallest absolute Gasteiger partial charge is 0.338 e. The van der Waals surface area contributed by atoms with Crippen LogP contribution >= 0.6 is 0 Å². The number of carbonyl (C=O) groups is 1. The molecule has 1 aromatic carbocycles. The lowest BCUT2D eigenvalue weighted by Gasteiger charge is -2.26. The predicted molar refractivity (Wildman–Crippen MR) is 70.7 cm³/mol. The van der Waals surface area contributed by atoms with Crippen LogP contribution in [0, 0.1) is 5.82 Å². The summed E-state index contributed by atoms with van der Waals surface area (Å²) in [5, 5.41) is 0. The third kappa shape index (κ3) is 4.31. The molecule has 0 aromatic heterocycles. The fourth-order valence-electron chi connectivity index (χ4n) is 2.57. The zero-order chi connectivity index (χ0) is 13.7. The van der Waals surface area contributed by atoms with E-state index in [9.17, 15) is 9.18 Å². The van der Waals surface area contributed by atoms with E-state index in [1.165, 1.54) is 42.4 Å². The van der Waals surface area contributed by atoms with Crippen molar-refractivity contribution in [3.05, 3.63) is 35.6 Å². The second-order valence-corrected chi connectivity index (χ2v) is 5.24. The van der Waals surface area contributed by atoms with Crippen molar-refractivity contribution >= 4 is 5.97 Å². The van der Waals surface area contributed by atoms with E-state index in [1.54, 1.807) is 6.07 Å². The molecule has 4 heteroatoms. The summed E-state index contributed by atoms with van der Waals surface area (Å²) in [7, 11) is 0. The minimum atomic E-state index is -0.441. The Balaban J connectivity index is 1.84. The number of hydrogen-bond acceptors (Lipinski definition) is 2. The summed E-state index contributed by atoms with van der Waals surface area (Å²) < 4.78 is 18.4. The first-order chi connectivity index (χ1) is 9.15. The number of likely N-dealkylation sites (tertiary alicyclic amines) is 1. The molecule has 1 heterocycles. The van der Waals surface area contributed by atoms with Crippen LogP contribution in [0.15, 0.2) is 24.3 Å². The van der Waals surface area contributed by atoms with E-state index < -0.39 is 11.8 Å². The summed E-state index contributed by atoms with van der Waals surface area (Å²) >= 11 is 0. The van der Waals surface area contributed by atoms with Crippen molar-refractivity contribution in [2.24, 2.45) is 0 Å². The molecule has 0 radical (unpaired) electrons. The molecule has 0 bridgehead atoms. The molecule has 0 spiro atoms. The Morgan fingerprint density at radius 1 is 1.37 bits per heavy atom. The number of halogens is 1. The average Bonchev–Trinajstić information content (AvgIpc) is 2.39. The quantitative estimate of drug-likeness (QED) is 0.836. The second-order valence-electron chi connectivity index (χ2n) is 5.24. The third-order valence-electron chi connectivity index (χ3n) is 3.51. The number of piperidine rings is 1. The Bertz CT molecular complexity index is 430. The molecule has 2 rings (SSSR count). The molecule has 1 fully saturated rings. The van der Waals surface area contributed by atoms with Gasteiger partial charge in [-0.1, -0.05) is 6.07 Å². The van der Waals surface area contributed by atoms with E-state index in [4.69, 9.17) is 4.74 Å². The van der Waals surface area contributed by atoms with Gasteiger partial charge in [0.05, 0.1) is 18.7 Å². The molecule has 0 aliphatic carbocycles. The van der Waals surface area contributed by atoms with Gasteiger partial charge >= 0.3 is 5.97 Å². The first kappa shape index (κ1) is 14.0. The number of quaternary nitrogens is 1. The maximum atomic E-state index is 13.0.